The molecule has 21 heavy (non-hydrogen) atoms. The number of amides is 2. The van der Waals surface area contributed by atoms with Crippen molar-refractivity contribution in [1.82, 2.24) is 4.90 Å². The van der Waals surface area contributed by atoms with E-state index >= 15 is 0 Å². The van der Waals surface area contributed by atoms with Crippen LogP contribution in [0.25, 0.3) is 0 Å². The van der Waals surface area contributed by atoms with Crippen molar-refractivity contribution in [3.63, 3.8) is 0 Å². The fourth-order valence-electron chi connectivity index (χ4n) is 2.14. The second-order valence-electron chi connectivity index (χ2n) is 4.49. The zero-order valence-corrected chi connectivity index (χ0v) is 10.9. The molecule has 1 aliphatic heterocycles. The summed E-state index contributed by atoms with van der Waals surface area (Å²) in [6.07, 6.45) is 0.455. The first kappa shape index (κ1) is 15.1. The minimum absolute atomic E-state index is 0.0895. The van der Waals surface area contributed by atoms with Gasteiger partial charge in [0, 0.05) is 0 Å². The number of para-hydroxylation sites is 1. The summed E-state index contributed by atoms with van der Waals surface area (Å²) in [5.74, 6) is 0.844. The van der Waals surface area contributed by atoms with Gasteiger partial charge in [0.25, 0.3) is 0 Å². The molecule has 1 saturated heterocycles. The molecule has 1 fully saturated rings. The van der Waals surface area contributed by atoms with E-state index in [1.54, 1.807) is 0 Å². The van der Waals surface area contributed by atoms with Crippen molar-refractivity contribution in [2.75, 3.05) is 24.5 Å². The minimum atomic E-state index is -4.65. The van der Waals surface area contributed by atoms with E-state index in [-0.39, 0.29) is 19.6 Å². The highest BCUT2D eigenvalue weighted by Crippen LogP contribution is 2.37. The Hall–Kier alpha value is -2.33. The van der Waals surface area contributed by atoms with E-state index in [1.165, 1.54) is 17.0 Å². The van der Waals surface area contributed by atoms with Gasteiger partial charge in [-0.25, -0.2) is 4.90 Å². The number of halogens is 3. The van der Waals surface area contributed by atoms with E-state index < -0.39 is 29.2 Å². The smallest absolute Gasteiger partial charge is 0.274 e. The maximum absolute atomic E-state index is 13.0. The molecule has 1 heterocycles. The van der Waals surface area contributed by atoms with Gasteiger partial charge in [-0.1, -0.05) is 18.1 Å². The van der Waals surface area contributed by atoms with Crippen molar-refractivity contribution < 1.29 is 22.8 Å². The highest BCUT2D eigenvalue weighted by Gasteiger charge is 2.39. The first-order valence-corrected chi connectivity index (χ1v) is 6.02. The van der Waals surface area contributed by atoms with Gasteiger partial charge in [-0.2, -0.15) is 13.2 Å². The summed E-state index contributed by atoms with van der Waals surface area (Å²) in [6, 6.07) is 4.49. The van der Waals surface area contributed by atoms with Gasteiger partial charge >= 0.3 is 6.18 Å². The van der Waals surface area contributed by atoms with Crippen LogP contribution in [0.2, 0.25) is 0 Å². The van der Waals surface area contributed by atoms with Gasteiger partial charge in [-0.05, 0) is 12.1 Å². The van der Waals surface area contributed by atoms with Crippen molar-refractivity contribution in [3.8, 4) is 12.3 Å². The number of piperazine rings is 1. The van der Waals surface area contributed by atoms with E-state index in [0.29, 0.717) is 4.90 Å². The monoisotopic (exact) mass is 296 g/mol. The lowest BCUT2D eigenvalue weighted by Crippen LogP contribution is -2.54. The van der Waals surface area contributed by atoms with Crippen LogP contribution >= 0.6 is 0 Å². The summed E-state index contributed by atoms with van der Waals surface area (Å²) in [6.45, 7) is -0.295. The number of rotatable bonds is 2. The largest absolute Gasteiger partial charge is 0.418 e. The summed E-state index contributed by atoms with van der Waals surface area (Å²) in [5.41, 5.74) is -1.46. The number of nitrogens with zero attached hydrogens (tertiary/aromatic N) is 2. The third kappa shape index (κ3) is 3.06. The fourth-order valence-corrected chi connectivity index (χ4v) is 2.14. The van der Waals surface area contributed by atoms with Gasteiger partial charge < -0.3 is 0 Å². The number of carbonyl (C=O) groups excluding carboxylic acids is 2. The number of anilines is 1. The second-order valence-corrected chi connectivity index (χ2v) is 4.49. The topological polar surface area (TPSA) is 40.6 Å². The lowest BCUT2D eigenvalue weighted by Gasteiger charge is -2.32. The molecule has 0 bridgehead atoms. The van der Waals surface area contributed by atoms with Crippen molar-refractivity contribution >= 4 is 17.5 Å². The average Bonchev–Trinajstić information content (AvgIpc) is 2.37. The van der Waals surface area contributed by atoms with Gasteiger partial charge in [0.05, 0.1) is 30.9 Å². The average molecular weight is 296 g/mol. The van der Waals surface area contributed by atoms with Crippen LogP contribution in [0, 0.1) is 12.3 Å². The van der Waals surface area contributed by atoms with E-state index in [9.17, 15) is 22.8 Å². The molecular formula is C14H11F3N2O2. The second kappa shape index (κ2) is 5.58. The Balaban J connectivity index is 2.38. The van der Waals surface area contributed by atoms with Gasteiger partial charge in [0.15, 0.2) is 0 Å². The summed E-state index contributed by atoms with van der Waals surface area (Å²) >= 11 is 0. The number of alkyl halides is 3. The van der Waals surface area contributed by atoms with Crippen molar-refractivity contribution in [2.24, 2.45) is 0 Å². The Kier molecular flexibility index (Phi) is 4.00. The molecule has 0 saturated carbocycles. The van der Waals surface area contributed by atoms with Crippen LogP contribution in [-0.2, 0) is 15.8 Å². The van der Waals surface area contributed by atoms with E-state index in [1.807, 2.05) is 0 Å². The Morgan fingerprint density at radius 1 is 1.14 bits per heavy atom. The normalized spacial score (nSPS) is 17.0. The zero-order valence-electron chi connectivity index (χ0n) is 10.9. The summed E-state index contributed by atoms with van der Waals surface area (Å²) in [5, 5.41) is 0. The molecule has 0 radical (unpaired) electrons. The number of benzene rings is 1. The molecule has 7 heteroatoms. The van der Waals surface area contributed by atoms with Crippen LogP contribution in [-0.4, -0.2) is 36.3 Å². The molecule has 0 aliphatic carbocycles. The Morgan fingerprint density at radius 2 is 1.71 bits per heavy atom. The van der Waals surface area contributed by atoms with Crippen LogP contribution in [0.1, 0.15) is 5.56 Å². The summed E-state index contributed by atoms with van der Waals surface area (Å²) in [4.78, 5) is 26.0. The highest BCUT2D eigenvalue weighted by atomic mass is 19.4. The maximum Gasteiger partial charge on any atom is 0.418 e. The standard InChI is InChI=1S/C14H11F3N2O2/c1-2-7-18-8-12(20)19(13(21)9-18)11-6-4-3-5-10(11)14(15,16)17/h1,3-6H,7-9H2. The van der Waals surface area contributed by atoms with Crippen LogP contribution in [0.3, 0.4) is 0 Å². The SMILES string of the molecule is C#CCN1CC(=O)N(c2ccccc2C(F)(F)F)C(=O)C1. The lowest BCUT2D eigenvalue weighted by molar-refractivity contribution is -0.137. The molecule has 0 unspecified atom stereocenters. The molecule has 110 valence electrons. The fraction of sp³-hybridized carbons (Fsp3) is 0.286. The Bertz CT molecular complexity index is 601. The molecule has 4 nitrogen and oxygen atoms in total. The zero-order chi connectivity index (χ0) is 15.6. The number of imide groups is 1. The summed E-state index contributed by atoms with van der Waals surface area (Å²) < 4.78 is 38.9. The number of terminal acetylenes is 1. The number of hydrogen-bond donors (Lipinski definition) is 0. The molecule has 0 atom stereocenters. The predicted octanol–water partition coefficient (Wildman–Crippen LogP) is 1.51. The molecule has 2 rings (SSSR count). The Labute approximate surface area is 119 Å². The van der Waals surface area contributed by atoms with Crippen LogP contribution in [0.15, 0.2) is 24.3 Å². The number of hydrogen-bond acceptors (Lipinski definition) is 3. The molecule has 0 aromatic heterocycles. The summed E-state index contributed by atoms with van der Waals surface area (Å²) in [7, 11) is 0. The van der Waals surface area contributed by atoms with E-state index in [0.717, 1.165) is 12.1 Å². The molecular weight excluding hydrogens is 285 g/mol. The molecule has 0 N–H and O–H groups in total. The lowest BCUT2D eigenvalue weighted by atomic mass is 10.1. The van der Waals surface area contributed by atoms with E-state index in [4.69, 9.17) is 6.42 Å². The third-order valence-electron chi connectivity index (χ3n) is 2.98. The highest BCUT2D eigenvalue weighted by molar-refractivity contribution is 6.18. The molecule has 1 aromatic rings. The van der Waals surface area contributed by atoms with Gasteiger partial charge in [-0.3, -0.25) is 14.5 Å². The van der Waals surface area contributed by atoms with Crippen molar-refractivity contribution in [2.45, 2.75) is 6.18 Å². The first-order chi connectivity index (χ1) is 9.84. The molecule has 2 amide bonds. The molecule has 1 aliphatic rings. The first-order valence-electron chi connectivity index (χ1n) is 6.02. The van der Waals surface area contributed by atoms with Crippen LogP contribution in [0.4, 0.5) is 18.9 Å². The Morgan fingerprint density at radius 3 is 2.24 bits per heavy atom. The van der Waals surface area contributed by atoms with E-state index in [2.05, 4.69) is 5.92 Å². The minimum Gasteiger partial charge on any atom is -0.274 e. The van der Waals surface area contributed by atoms with Crippen molar-refractivity contribution in [3.05, 3.63) is 29.8 Å². The molecule has 0 spiro atoms. The van der Waals surface area contributed by atoms with Gasteiger partial charge in [0.1, 0.15) is 0 Å². The number of carbonyl (C=O) groups is 2. The van der Waals surface area contributed by atoms with Crippen molar-refractivity contribution in [1.29, 1.82) is 0 Å². The quantitative estimate of drug-likeness (QED) is 0.613. The maximum atomic E-state index is 13.0. The van der Waals surface area contributed by atoms with Crippen LogP contribution < -0.4 is 4.90 Å². The predicted molar refractivity (Wildman–Crippen MR) is 69.2 cm³/mol. The molecule has 1 aromatic carbocycles. The van der Waals surface area contributed by atoms with Gasteiger partial charge in [-0.15, -0.1) is 6.42 Å². The third-order valence-corrected chi connectivity index (χ3v) is 2.98. The van der Waals surface area contributed by atoms with Gasteiger partial charge in [0.2, 0.25) is 11.8 Å². The van der Waals surface area contributed by atoms with Crippen LogP contribution in [0.5, 0.6) is 0 Å².